The molecule has 17 heavy (non-hydrogen) atoms. The van der Waals surface area contributed by atoms with Gasteiger partial charge < -0.3 is 16.4 Å². The van der Waals surface area contributed by atoms with Gasteiger partial charge in [0.25, 0.3) is 0 Å². The summed E-state index contributed by atoms with van der Waals surface area (Å²) in [5.41, 5.74) is 5.23. The van der Waals surface area contributed by atoms with Gasteiger partial charge in [-0.1, -0.05) is 19.1 Å². The molecule has 0 spiro atoms. The van der Waals surface area contributed by atoms with Gasteiger partial charge >= 0.3 is 11.8 Å². The molecule has 1 aliphatic rings. The Hall–Kier alpha value is -1.17. The topological polar surface area (TPSA) is 84.2 Å². The maximum Gasteiger partial charge on any atom is 0.309 e. The first-order valence-electron chi connectivity index (χ1n) is 5.86. The molecule has 1 saturated carbocycles. The minimum absolute atomic E-state index is 0.0588. The Morgan fingerprint density at radius 1 is 1.24 bits per heavy atom. The van der Waals surface area contributed by atoms with Gasteiger partial charge in [0.1, 0.15) is 0 Å². The van der Waals surface area contributed by atoms with E-state index in [2.05, 4.69) is 29.8 Å². The number of thiocarbonyl (C=S) groups is 1. The molecule has 5 nitrogen and oxygen atoms in total. The Morgan fingerprint density at radius 3 is 2.35 bits per heavy atom. The van der Waals surface area contributed by atoms with Gasteiger partial charge in [-0.05, 0) is 31.6 Å². The van der Waals surface area contributed by atoms with E-state index in [1.165, 1.54) is 0 Å². The van der Waals surface area contributed by atoms with Crippen LogP contribution >= 0.6 is 12.2 Å². The molecule has 0 bridgehead atoms. The normalized spacial score (nSPS) is 23.8. The average Bonchev–Trinajstić information content (AvgIpc) is 2.28. The fraction of sp³-hybridized carbons (Fsp3) is 0.727. The van der Waals surface area contributed by atoms with Gasteiger partial charge in [0.05, 0.1) is 11.5 Å². The third kappa shape index (κ3) is 5.12. The zero-order valence-electron chi connectivity index (χ0n) is 9.99. The lowest BCUT2D eigenvalue weighted by atomic mass is 9.87. The quantitative estimate of drug-likeness (QED) is 0.494. The predicted molar refractivity (Wildman–Crippen MR) is 69.4 cm³/mol. The summed E-state index contributed by atoms with van der Waals surface area (Å²) in [5, 5.41) is 5.09. The van der Waals surface area contributed by atoms with Crippen molar-refractivity contribution in [1.82, 2.24) is 10.6 Å². The maximum atomic E-state index is 11.5. The molecular weight excluding hydrogens is 238 g/mol. The summed E-state index contributed by atoms with van der Waals surface area (Å²) in [6.45, 7) is 2.26. The number of nitrogens with one attached hydrogen (secondary N) is 2. The molecule has 0 aromatic heterocycles. The van der Waals surface area contributed by atoms with Crippen molar-refractivity contribution in [1.29, 1.82) is 0 Å². The summed E-state index contributed by atoms with van der Waals surface area (Å²) < 4.78 is 0. The molecule has 4 N–H and O–H groups in total. The number of carbonyl (C=O) groups excluding carboxylic acids is 2. The van der Waals surface area contributed by atoms with Crippen LogP contribution in [0.2, 0.25) is 0 Å². The average molecular weight is 257 g/mol. The van der Waals surface area contributed by atoms with Gasteiger partial charge in [0.15, 0.2) is 0 Å². The molecule has 0 radical (unpaired) electrons. The van der Waals surface area contributed by atoms with Crippen molar-refractivity contribution in [3.63, 3.8) is 0 Å². The molecule has 1 rings (SSSR count). The van der Waals surface area contributed by atoms with Crippen molar-refractivity contribution in [3.05, 3.63) is 0 Å². The Bertz CT molecular complexity index is 312. The molecule has 0 atom stereocenters. The standard InChI is InChI=1S/C11H19N3O2S/c1-7-2-4-8(5-3-7)14-11(16)10(15)13-6-9(12)17/h7-8H,2-6H2,1H3,(H2,12,17)(H,13,15)(H,14,16). The number of hydrogen-bond donors (Lipinski definition) is 3. The number of hydrogen-bond acceptors (Lipinski definition) is 3. The molecular formula is C11H19N3O2S. The van der Waals surface area contributed by atoms with Crippen molar-refractivity contribution in [3.8, 4) is 0 Å². The Labute approximate surface area is 107 Å². The van der Waals surface area contributed by atoms with E-state index >= 15 is 0 Å². The van der Waals surface area contributed by atoms with E-state index in [9.17, 15) is 9.59 Å². The molecule has 0 unspecified atom stereocenters. The number of carbonyl (C=O) groups is 2. The summed E-state index contributed by atoms with van der Waals surface area (Å²) in [6.07, 6.45) is 4.07. The van der Waals surface area contributed by atoms with E-state index < -0.39 is 11.8 Å². The lowest BCUT2D eigenvalue weighted by Gasteiger charge is -2.26. The van der Waals surface area contributed by atoms with Gasteiger partial charge in [-0.25, -0.2) is 0 Å². The molecule has 2 amide bonds. The fourth-order valence-corrected chi connectivity index (χ4v) is 1.98. The fourth-order valence-electron chi connectivity index (χ4n) is 1.90. The van der Waals surface area contributed by atoms with Crippen LogP contribution in [0.3, 0.4) is 0 Å². The highest BCUT2D eigenvalue weighted by molar-refractivity contribution is 7.80. The lowest BCUT2D eigenvalue weighted by Crippen LogP contribution is -2.47. The second-order valence-electron chi connectivity index (χ2n) is 4.58. The van der Waals surface area contributed by atoms with E-state index in [-0.39, 0.29) is 17.6 Å². The third-order valence-electron chi connectivity index (χ3n) is 2.98. The molecule has 1 aliphatic carbocycles. The molecule has 0 aliphatic heterocycles. The van der Waals surface area contributed by atoms with E-state index in [0.29, 0.717) is 5.92 Å². The van der Waals surface area contributed by atoms with Gasteiger partial charge in [0, 0.05) is 6.04 Å². The summed E-state index contributed by atoms with van der Waals surface area (Å²) >= 11 is 4.61. The second-order valence-corrected chi connectivity index (χ2v) is 5.10. The lowest BCUT2D eigenvalue weighted by molar-refractivity contribution is -0.139. The minimum atomic E-state index is -0.670. The van der Waals surface area contributed by atoms with Crippen LogP contribution in [0.5, 0.6) is 0 Å². The summed E-state index contributed by atoms with van der Waals surface area (Å²) in [4.78, 5) is 23.0. The van der Waals surface area contributed by atoms with Crippen molar-refractivity contribution in [2.45, 2.75) is 38.6 Å². The third-order valence-corrected chi connectivity index (χ3v) is 3.12. The van der Waals surface area contributed by atoms with Crippen LogP contribution in [0.1, 0.15) is 32.6 Å². The number of nitrogens with two attached hydrogens (primary N) is 1. The zero-order chi connectivity index (χ0) is 12.8. The minimum Gasteiger partial charge on any atom is -0.392 e. The van der Waals surface area contributed by atoms with Crippen LogP contribution in [0.25, 0.3) is 0 Å². The first kappa shape index (κ1) is 13.9. The first-order valence-corrected chi connectivity index (χ1v) is 6.27. The highest BCUT2D eigenvalue weighted by Gasteiger charge is 2.22. The van der Waals surface area contributed by atoms with Crippen LogP contribution in [-0.2, 0) is 9.59 Å². The smallest absolute Gasteiger partial charge is 0.309 e. The molecule has 0 heterocycles. The van der Waals surface area contributed by atoms with Gasteiger partial charge in [-0.3, -0.25) is 9.59 Å². The molecule has 0 aromatic carbocycles. The van der Waals surface area contributed by atoms with E-state index in [1.807, 2.05) is 0 Å². The monoisotopic (exact) mass is 257 g/mol. The van der Waals surface area contributed by atoms with E-state index in [4.69, 9.17) is 5.73 Å². The first-order chi connectivity index (χ1) is 7.99. The molecule has 1 fully saturated rings. The van der Waals surface area contributed by atoms with Crippen molar-refractivity contribution in [2.75, 3.05) is 6.54 Å². The van der Waals surface area contributed by atoms with Crippen LogP contribution in [0.15, 0.2) is 0 Å². The molecule has 0 saturated heterocycles. The second kappa shape index (κ2) is 6.54. The van der Waals surface area contributed by atoms with Crippen LogP contribution < -0.4 is 16.4 Å². The van der Waals surface area contributed by atoms with Gasteiger partial charge in [0.2, 0.25) is 0 Å². The zero-order valence-corrected chi connectivity index (χ0v) is 10.8. The van der Waals surface area contributed by atoms with Gasteiger partial charge in [-0.15, -0.1) is 0 Å². The number of amides is 2. The maximum absolute atomic E-state index is 11.5. The Kier molecular flexibility index (Phi) is 5.34. The van der Waals surface area contributed by atoms with E-state index in [1.54, 1.807) is 0 Å². The summed E-state index contributed by atoms with van der Waals surface area (Å²) in [6, 6.07) is 0.120. The highest BCUT2D eigenvalue weighted by atomic mass is 32.1. The Morgan fingerprint density at radius 2 is 1.82 bits per heavy atom. The summed E-state index contributed by atoms with van der Waals surface area (Å²) in [5.74, 6) is -0.552. The molecule has 0 aromatic rings. The van der Waals surface area contributed by atoms with Gasteiger partial charge in [-0.2, -0.15) is 0 Å². The van der Waals surface area contributed by atoms with Crippen LogP contribution in [0, 0.1) is 5.92 Å². The highest BCUT2D eigenvalue weighted by Crippen LogP contribution is 2.23. The SMILES string of the molecule is CC1CCC(NC(=O)C(=O)NCC(N)=S)CC1. The van der Waals surface area contributed by atoms with Crippen LogP contribution in [0.4, 0.5) is 0 Å². The Balaban J connectivity index is 2.28. The van der Waals surface area contributed by atoms with Crippen molar-refractivity contribution < 1.29 is 9.59 Å². The number of rotatable bonds is 3. The van der Waals surface area contributed by atoms with Crippen molar-refractivity contribution in [2.24, 2.45) is 11.7 Å². The van der Waals surface area contributed by atoms with Crippen LogP contribution in [-0.4, -0.2) is 29.4 Å². The largest absolute Gasteiger partial charge is 0.392 e. The molecule has 96 valence electrons. The van der Waals surface area contributed by atoms with Crippen molar-refractivity contribution >= 4 is 29.0 Å². The molecule has 6 heteroatoms. The summed E-state index contributed by atoms with van der Waals surface area (Å²) in [7, 11) is 0. The predicted octanol–water partition coefficient (Wildman–Crippen LogP) is 0.0836. The van der Waals surface area contributed by atoms with E-state index in [0.717, 1.165) is 25.7 Å².